The maximum absolute atomic E-state index is 4.24. The van der Waals surface area contributed by atoms with Crippen LogP contribution in [0, 0.1) is 6.92 Å². The zero-order chi connectivity index (χ0) is 13.0. The second kappa shape index (κ2) is 5.67. The molecule has 4 nitrogen and oxygen atoms in total. The normalized spacial score (nSPS) is 10.6. The van der Waals surface area contributed by atoms with E-state index in [1.807, 2.05) is 23.9 Å². The summed E-state index contributed by atoms with van der Waals surface area (Å²) in [6.45, 7) is 2.07. The van der Waals surface area contributed by atoms with E-state index in [1.165, 1.54) is 5.56 Å². The van der Waals surface area contributed by atoms with Crippen molar-refractivity contribution in [2.45, 2.75) is 26.2 Å². The van der Waals surface area contributed by atoms with Crippen LogP contribution in [0.3, 0.4) is 0 Å². The number of aryl methyl sites for hydroxylation is 2. The van der Waals surface area contributed by atoms with Crippen LogP contribution in [-0.4, -0.2) is 29.2 Å². The summed E-state index contributed by atoms with van der Waals surface area (Å²) in [6, 6.07) is 10.6. The number of benzene rings is 1. The van der Waals surface area contributed by atoms with E-state index >= 15 is 0 Å². The smallest absolute Gasteiger partial charge is 0.0878 e. The van der Waals surface area contributed by atoms with Crippen molar-refractivity contribution in [2.24, 2.45) is 0 Å². The van der Waals surface area contributed by atoms with Gasteiger partial charge in [0, 0.05) is 14.1 Å². The number of rotatable bonds is 5. The summed E-state index contributed by atoms with van der Waals surface area (Å²) in [5, 5.41) is 10.3. The molecule has 0 spiro atoms. The van der Waals surface area contributed by atoms with Crippen LogP contribution in [0.1, 0.15) is 23.4 Å². The van der Waals surface area contributed by atoms with E-state index in [0.29, 0.717) is 0 Å². The van der Waals surface area contributed by atoms with Crippen molar-refractivity contribution >= 4 is 0 Å². The van der Waals surface area contributed by atoms with E-state index in [2.05, 4.69) is 47.6 Å². The van der Waals surface area contributed by atoms with Gasteiger partial charge < -0.3 is 5.01 Å². The van der Waals surface area contributed by atoms with Gasteiger partial charge in [-0.1, -0.05) is 30.3 Å². The molecule has 0 aliphatic rings. The second-order valence-electron chi connectivity index (χ2n) is 4.70. The SMILES string of the molecule is Cc1c(CCCc2ccccc2)nnn1N(C)C. The lowest BCUT2D eigenvalue weighted by Gasteiger charge is -2.12. The van der Waals surface area contributed by atoms with Crippen LogP contribution in [0.2, 0.25) is 0 Å². The van der Waals surface area contributed by atoms with E-state index in [0.717, 1.165) is 30.7 Å². The van der Waals surface area contributed by atoms with Gasteiger partial charge in [-0.3, -0.25) is 0 Å². The van der Waals surface area contributed by atoms with Crippen molar-refractivity contribution < 1.29 is 0 Å². The third kappa shape index (κ3) is 2.88. The first-order valence-corrected chi connectivity index (χ1v) is 6.31. The number of nitrogens with zero attached hydrogens (tertiary/aromatic N) is 4. The van der Waals surface area contributed by atoms with Crippen LogP contribution < -0.4 is 5.01 Å². The Labute approximate surface area is 108 Å². The van der Waals surface area contributed by atoms with Crippen molar-refractivity contribution in [3.63, 3.8) is 0 Å². The molecule has 0 atom stereocenters. The highest BCUT2D eigenvalue weighted by atomic mass is 15.7. The van der Waals surface area contributed by atoms with Crippen molar-refractivity contribution in [1.29, 1.82) is 0 Å². The lowest BCUT2D eigenvalue weighted by molar-refractivity contribution is 0.595. The molecular weight excluding hydrogens is 224 g/mol. The minimum Gasteiger partial charge on any atom is -0.301 e. The average Bonchev–Trinajstić information content (AvgIpc) is 2.73. The Kier molecular flexibility index (Phi) is 3.97. The van der Waals surface area contributed by atoms with Crippen LogP contribution in [0.25, 0.3) is 0 Å². The molecule has 18 heavy (non-hydrogen) atoms. The molecule has 0 saturated carbocycles. The zero-order valence-electron chi connectivity index (χ0n) is 11.3. The maximum Gasteiger partial charge on any atom is 0.0878 e. The summed E-state index contributed by atoms with van der Waals surface area (Å²) in [5.74, 6) is 0. The van der Waals surface area contributed by atoms with Gasteiger partial charge in [0.25, 0.3) is 0 Å². The highest BCUT2D eigenvalue weighted by molar-refractivity contribution is 5.15. The number of hydrogen-bond donors (Lipinski definition) is 0. The topological polar surface area (TPSA) is 34.0 Å². The number of hydrogen-bond acceptors (Lipinski definition) is 3. The lowest BCUT2D eigenvalue weighted by atomic mass is 10.1. The molecule has 0 radical (unpaired) electrons. The highest BCUT2D eigenvalue weighted by Gasteiger charge is 2.09. The van der Waals surface area contributed by atoms with Crippen molar-refractivity contribution in [2.75, 3.05) is 19.1 Å². The van der Waals surface area contributed by atoms with Gasteiger partial charge in [-0.05, 0) is 37.0 Å². The van der Waals surface area contributed by atoms with Gasteiger partial charge in [0.2, 0.25) is 0 Å². The first-order chi connectivity index (χ1) is 8.68. The van der Waals surface area contributed by atoms with Gasteiger partial charge in [-0.2, -0.15) is 4.79 Å². The van der Waals surface area contributed by atoms with E-state index in [9.17, 15) is 0 Å². The van der Waals surface area contributed by atoms with Gasteiger partial charge in [-0.25, -0.2) is 0 Å². The average molecular weight is 244 g/mol. The molecule has 1 heterocycles. The third-order valence-corrected chi connectivity index (χ3v) is 3.07. The van der Waals surface area contributed by atoms with Crippen LogP contribution in [0.5, 0.6) is 0 Å². The molecular formula is C14H20N4. The van der Waals surface area contributed by atoms with Crippen LogP contribution in [0.15, 0.2) is 30.3 Å². The fourth-order valence-corrected chi connectivity index (χ4v) is 2.07. The molecule has 1 aromatic carbocycles. The Morgan fingerprint density at radius 3 is 2.44 bits per heavy atom. The summed E-state index contributed by atoms with van der Waals surface area (Å²) in [4.78, 5) is 1.83. The van der Waals surface area contributed by atoms with Gasteiger partial charge >= 0.3 is 0 Å². The van der Waals surface area contributed by atoms with Crippen LogP contribution >= 0.6 is 0 Å². The zero-order valence-corrected chi connectivity index (χ0v) is 11.3. The molecule has 96 valence electrons. The lowest BCUT2D eigenvalue weighted by Crippen LogP contribution is -2.27. The monoisotopic (exact) mass is 244 g/mol. The predicted octanol–water partition coefficient (Wildman–Crippen LogP) is 1.96. The molecule has 4 heteroatoms. The van der Waals surface area contributed by atoms with Crippen molar-refractivity contribution in [1.82, 2.24) is 15.1 Å². The molecule has 0 aliphatic carbocycles. The van der Waals surface area contributed by atoms with E-state index < -0.39 is 0 Å². The van der Waals surface area contributed by atoms with Crippen LogP contribution in [0.4, 0.5) is 0 Å². The second-order valence-corrected chi connectivity index (χ2v) is 4.70. The van der Waals surface area contributed by atoms with E-state index in [-0.39, 0.29) is 0 Å². The fraction of sp³-hybridized carbons (Fsp3) is 0.429. The van der Waals surface area contributed by atoms with Gasteiger partial charge in [-0.15, -0.1) is 5.10 Å². The fourth-order valence-electron chi connectivity index (χ4n) is 2.07. The van der Waals surface area contributed by atoms with Crippen molar-refractivity contribution in [3.05, 3.63) is 47.3 Å². The summed E-state index contributed by atoms with van der Waals surface area (Å²) in [7, 11) is 3.94. The molecule has 0 amide bonds. The summed E-state index contributed by atoms with van der Waals surface area (Å²) in [6.07, 6.45) is 3.18. The van der Waals surface area contributed by atoms with Crippen LogP contribution in [-0.2, 0) is 12.8 Å². The first kappa shape index (κ1) is 12.6. The Hall–Kier alpha value is -1.84. The maximum atomic E-state index is 4.24. The molecule has 0 bridgehead atoms. The molecule has 0 N–H and O–H groups in total. The molecule has 0 unspecified atom stereocenters. The largest absolute Gasteiger partial charge is 0.301 e. The quantitative estimate of drug-likeness (QED) is 0.806. The molecule has 2 aromatic rings. The minimum absolute atomic E-state index is 0.981. The minimum atomic E-state index is 0.981. The Bertz CT molecular complexity index is 488. The van der Waals surface area contributed by atoms with Gasteiger partial charge in [0.1, 0.15) is 0 Å². The van der Waals surface area contributed by atoms with Crippen molar-refractivity contribution in [3.8, 4) is 0 Å². The summed E-state index contributed by atoms with van der Waals surface area (Å²) < 4.78 is 0. The molecule has 2 rings (SSSR count). The summed E-state index contributed by atoms with van der Waals surface area (Å²) in [5.41, 5.74) is 3.61. The third-order valence-electron chi connectivity index (χ3n) is 3.07. The Morgan fingerprint density at radius 1 is 1.11 bits per heavy atom. The first-order valence-electron chi connectivity index (χ1n) is 6.31. The predicted molar refractivity (Wildman–Crippen MR) is 73.3 cm³/mol. The Balaban J connectivity index is 1.91. The number of aromatic nitrogens is 3. The van der Waals surface area contributed by atoms with E-state index in [1.54, 1.807) is 0 Å². The molecule has 0 fully saturated rings. The molecule has 0 aliphatic heterocycles. The van der Waals surface area contributed by atoms with Gasteiger partial charge in [0.15, 0.2) is 0 Å². The Morgan fingerprint density at radius 2 is 1.83 bits per heavy atom. The highest BCUT2D eigenvalue weighted by Crippen LogP contribution is 2.09. The molecule has 1 aromatic heterocycles. The summed E-state index contributed by atoms with van der Waals surface area (Å²) >= 11 is 0. The van der Waals surface area contributed by atoms with E-state index in [4.69, 9.17) is 0 Å². The molecule has 0 saturated heterocycles. The van der Waals surface area contributed by atoms with Gasteiger partial charge in [0.05, 0.1) is 11.4 Å². The standard InChI is InChI=1S/C14H20N4/c1-12-14(15-16-18(12)17(2)3)11-7-10-13-8-5-4-6-9-13/h4-6,8-9H,7,10-11H2,1-3H3.